The smallest absolute Gasteiger partial charge is 0.308 e. The van der Waals surface area contributed by atoms with Crippen molar-refractivity contribution in [3.8, 4) is 11.5 Å². The van der Waals surface area contributed by atoms with Crippen LogP contribution in [0.5, 0.6) is 11.5 Å². The summed E-state index contributed by atoms with van der Waals surface area (Å²) in [5.41, 5.74) is 2.63. The minimum absolute atomic E-state index is 0.348. The summed E-state index contributed by atoms with van der Waals surface area (Å²) in [5, 5.41) is 0. The molecule has 0 bridgehead atoms. The predicted octanol–water partition coefficient (Wildman–Crippen LogP) is 4.68. The summed E-state index contributed by atoms with van der Waals surface area (Å²) in [6, 6.07) is 7.19. The first-order valence-corrected chi connectivity index (χ1v) is 7.18. The van der Waals surface area contributed by atoms with Crippen molar-refractivity contribution in [2.24, 2.45) is 0 Å². The fourth-order valence-corrected chi connectivity index (χ4v) is 1.77. The molecule has 3 nitrogen and oxygen atoms in total. The Morgan fingerprint density at radius 3 is 2.33 bits per heavy atom. The Morgan fingerprint density at radius 1 is 1.05 bits per heavy atom. The van der Waals surface area contributed by atoms with Crippen LogP contribution in [0.15, 0.2) is 47.6 Å². The summed E-state index contributed by atoms with van der Waals surface area (Å²) >= 11 is 0. The summed E-state index contributed by atoms with van der Waals surface area (Å²) in [6.07, 6.45) is 6.37. The van der Waals surface area contributed by atoms with Gasteiger partial charge in [0.15, 0.2) is 11.5 Å². The van der Waals surface area contributed by atoms with Crippen LogP contribution < -0.4 is 9.47 Å². The van der Waals surface area contributed by atoms with Crippen LogP contribution in [-0.4, -0.2) is 12.6 Å². The van der Waals surface area contributed by atoms with E-state index >= 15 is 0 Å². The van der Waals surface area contributed by atoms with Crippen LogP contribution >= 0.6 is 0 Å². The largest absolute Gasteiger partial charge is 0.486 e. The number of carbonyl (C=O) groups excluding carboxylic acids is 1. The van der Waals surface area contributed by atoms with Gasteiger partial charge in [0.2, 0.25) is 0 Å². The van der Waals surface area contributed by atoms with Crippen molar-refractivity contribution < 1.29 is 14.3 Å². The summed E-state index contributed by atoms with van der Waals surface area (Å²) < 4.78 is 10.8. The van der Waals surface area contributed by atoms with Gasteiger partial charge in [-0.2, -0.15) is 0 Å². The molecule has 21 heavy (non-hydrogen) atoms. The molecule has 1 rings (SSSR count). The summed E-state index contributed by atoms with van der Waals surface area (Å²) in [6.45, 7) is 8.16. The van der Waals surface area contributed by atoms with E-state index < -0.39 is 0 Å². The Morgan fingerprint density at radius 2 is 1.71 bits per heavy atom. The van der Waals surface area contributed by atoms with E-state index in [1.165, 1.54) is 18.1 Å². The van der Waals surface area contributed by atoms with E-state index in [0.29, 0.717) is 18.1 Å². The van der Waals surface area contributed by atoms with Crippen molar-refractivity contribution in [1.82, 2.24) is 0 Å². The first-order chi connectivity index (χ1) is 9.99. The minimum Gasteiger partial charge on any atom is -0.486 e. The van der Waals surface area contributed by atoms with E-state index in [1.54, 1.807) is 12.1 Å². The summed E-state index contributed by atoms with van der Waals surface area (Å²) in [5.74, 6) is 0.695. The molecule has 0 atom stereocenters. The molecule has 0 N–H and O–H groups in total. The number of ether oxygens (including phenoxy) is 2. The van der Waals surface area contributed by atoms with Gasteiger partial charge in [-0.05, 0) is 51.8 Å². The summed E-state index contributed by atoms with van der Waals surface area (Å²) in [7, 11) is 0. The van der Waals surface area contributed by atoms with Crippen LogP contribution in [0.3, 0.4) is 0 Å². The lowest BCUT2D eigenvalue weighted by molar-refractivity contribution is -0.132. The number of allylic oxidation sites excluding steroid dienone is 3. The van der Waals surface area contributed by atoms with Crippen molar-refractivity contribution in [3.05, 3.63) is 47.6 Å². The SMILES string of the molecule is CC(=O)Oc1ccccc1OC/C=C(\C)CCC=C(C)C. The van der Waals surface area contributed by atoms with Gasteiger partial charge < -0.3 is 9.47 Å². The highest BCUT2D eigenvalue weighted by Gasteiger charge is 2.05. The summed E-state index contributed by atoms with van der Waals surface area (Å²) in [4.78, 5) is 11.0. The molecule has 0 saturated heterocycles. The first-order valence-electron chi connectivity index (χ1n) is 7.18. The monoisotopic (exact) mass is 288 g/mol. The maximum Gasteiger partial charge on any atom is 0.308 e. The van der Waals surface area contributed by atoms with Crippen LogP contribution in [-0.2, 0) is 4.79 Å². The number of rotatable bonds is 7. The normalized spacial score (nSPS) is 11.0. The third kappa shape index (κ3) is 7.35. The highest BCUT2D eigenvalue weighted by Crippen LogP contribution is 2.26. The van der Waals surface area contributed by atoms with E-state index in [4.69, 9.17) is 9.47 Å². The minimum atomic E-state index is -0.348. The fraction of sp³-hybridized carbons (Fsp3) is 0.389. The molecule has 1 aromatic carbocycles. The molecular formula is C18H24O3. The van der Waals surface area contributed by atoms with Crippen LogP contribution in [0, 0.1) is 0 Å². The number of carbonyl (C=O) groups is 1. The molecule has 0 radical (unpaired) electrons. The van der Waals surface area contributed by atoms with Crippen LogP contribution in [0.4, 0.5) is 0 Å². The van der Waals surface area contributed by atoms with E-state index in [9.17, 15) is 4.79 Å². The number of para-hydroxylation sites is 2. The van der Waals surface area contributed by atoms with Gasteiger partial charge in [0.05, 0.1) is 0 Å². The zero-order valence-electron chi connectivity index (χ0n) is 13.3. The highest BCUT2D eigenvalue weighted by molar-refractivity contribution is 5.70. The first kappa shape index (κ1) is 17.0. The Bertz CT molecular complexity index is 523. The molecule has 114 valence electrons. The molecule has 0 unspecified atom stereocenters. The van der Waals surface area contributed by atoms with Crippen LogP contribution in [0.2, 0.25) is 0 Å². The number of benzene rings is 1. The fourth-order valence-electron chi connectivity index (χ4n) is 1.77. The van der Waals surface area contributed by atoms with Crippen LogP contribution in [0.25, 0.3) is 0 Å². The zero-order valence-corrected chi connectivity index (χ0v) is 13.3. The van der Waals surface area contributed by atoms with Crippen molar-refractivity contribution >= 4 is 5.97 Å². The lowest BCUT2D eigenvalue weighted by atomic mass is 10.1. The third-order valence-corrected chi connectivity index (χ3v) is 2.86. The van der Waals surface area contributed by atoms with Crippen molar-refractivity contribution in [2.45, 2.75) is 40.5 Å². The topological polar surface area (TPSA) is 35.5 Å². The maximum atomic E-state index is 11.0. The predicted molar refractivity (Wildman–Crippen MR) is 85.7 cm³/mol. The number of esters is 1. The molecule has 0 spiro atoms. The molecule has 0 saturated carbocycles. The zero-order chi connectivity index (χ0) is 15.7. The number of hydrogen-bond acceptors (Lipinski definition) is 3. The standard InChI is InChI=1S/C18H24O3/c1-14(2)8-7-9-15(3)12-13-20-17-10-5-6-11-18(17)21-16(4)19/h5-6,8,10-12H,7,9,13H2,1-4H3/b15-12+. The lowest BCUT2D eigenvalue weighted by Crippen LogP contribution is -2.04. The van der Waals surface area contributed by atoms with E-state index in [0.717, 1.165) is 12.8 Å². The van der Waals surface area contributed by atoms with Gasteiger partial charge in [-0.25, -0.2) is 0 Å². The van der Waals surface area contributed by atoms with Gasteiger partial charge in [0.1, 0.15) is 6.61 Å². The van der Waals surface area contributed by atoms with Gasteiger partial charge in [-0.3, -0.25) is 4.79 Å². The van der Waals surface area contributed by atoms with Crippen molar-refractivity contribution in [2.75, 3.05) is 6.61 Å². The Labute approximate surface area is 127 Å². The molecule has 0 aromatic heterocycles. The molecule has 0 aliphatic carbocycles. The third-order valence-electron chi connectivity index (χ3n) is 2.86. The highest BCUT2D eigenvalue weighted by atomic mass is 16.6. The molecule has 0 amide bonds. The Hall–Kier alpha value is -2.03. The van der Waals surface area contributed by atoms with Crippen LogP contribution in [0.1, 0.15) is 40.5 Å². The molecule has 0 aliphatic rings. The molecule has 1 aromatic rings. The second-order valence-electron chi connectivity index (χ2n) is 5.22. The van der Waals surface area contributed by atoms with Crippen molar-refractivity contribution in [3.63, 3.8) is 0 Å². The van der Waals surface area contributed by atoms with E-state index in [-0.39, 0.29) is 5.97 Å². The Balaban J connectivity index is 2.51. The number of hydrogen-bond donors (Lipinski definition) is 0. The second-order valence-corrected chi connectivity index (χ2v) is 5.22. The second kappa shape index (κ2) is 9.01. The van der Waals surface area contributed by atoms with Gasteiger partial charge in [-0.1, -0.05) is 29.4 Å². The van der Waals surface area contributed by atoms with Gasteiger partial charge in [-0.15, -0.1) is 0 Å². The quantitative estimate of drug-likeness (QED) is 0.415. The average molecular weight is 288 g/mol. The molecule has 0 fully saturated rings. The Kier molecular flexibility index (Phi) is 7.30. The molecule has 3 heteroatoms. The van der Waals surface area contributed by atoms with Gasteiger partial charge in [0, 0.05) is 6.92 Å². The average Bonchev–Trinajstić information content (AvgIpc) is 2.39. The van der Waals surface area contributed by atoms with E-state index in [1.807, 2.05) is 12.1 Å². The van der Waals surface area contributed by atoms with Crippen molar-refractivity contribution in [1.29, 1.82) is 0 Å². The van der Waals surface area contributed by atoms with Gasteiger partial charge >= 0.3 is 5.97 Å². The molecule has 0 heterocycles. The molecular weight excluding hydrogens is 264 g/mol. The lowest BCUT2D eigenvalue weighted by Gasteiger charge is -2.09. The maximum absolute atomic E-state index is 11.0. The van der Waals surface area contributed by atoms with Gasteiger partial charge in [0.25, 0.3) is 0 Å². The van der Waals surface area contributed by atoms with E-state index in [2.05, 4.69) is 32.9 Å². The molecule has 0 aliphatic heterocycles.